The third kappa shape index (κ3) is 3.34. The lowest BCUT2D eigenvalue weighted by Crippen LogP contribution is -2.46. The van der Waals surface area contributed by atoms with E-state index < -0.39 is 0 Å². The van der Waals surface area contributed by atoms with Crippen molar-refractivity contribution in [2.45, 2.75) is 52.1 Å². The Balaban J connectivity index is 1.96. The number of piperidine rings is 1. The van der Waals surface area contributed by atoms with Crippen molar-refractivity contribution in [2.24, 2.45) is 11.7 Å². The Labute approximate surface area is 115 Å². The summed E-state index contributed by atoms with van der Waals surface area (Å²) in [5.41, 5.74) is 6.43. The van der Waals surface area contributed by atoms with E-state index in [1.165, 1.54) is 22.7 Å². The lowest BCUT2D eigenvalue weighted by Gasteiger charge is -2.34. The Morgan fingerprint density at radius 3 is 2.67 bits per heavy atom. The van der Waals surface area contributed by atoms with Crippen molar-refractivity contribution in [1.82, 2.24) is 4.90 Å². The average molecular weight is 266 g/mol. The molecule has 0 aromatic carbocycles. The highest BCUT2D eigenvalue weighted by molar-refractivity contribution is 7.12. The van der Waals surface area contributed by atoms with Gasteiger partial charge in [0, 0.05) is 28.9 Å². The molecule has 2 unspecified atom stereocenters. The summed E-state index contributed by atoms with van der Waals surface area (Å²) in [6, 6.07) is 4.92. The fraction of sp³-hybridized carbons (Fsp3) is 0.733. The monoisotopic (exact) mass is 266 g/mol. The van der Waals surface area contributed by atoms with Crippen molar-refractivity contribution >= 4 is 11.3 Å². The van der Waals surface area contributed by atoms with Crippen molar-refractivity contribution in [1.29, 1.82) is 0 Å². The fourth-order valence-corrected chi connectivity index (χ4v) is 3.51. The van der Waals surface area contributed by atoms with Crippen LogP contribution in [-0.4, -0.2) is 24.0 Å². The first-order chi connectivity index (χ1) is 8.36. The van der Waals surface area contributed by atoms with Crippen molar-refractivity contribution in [3.63, 3.8) is 0 Å². The summed E-state index contributed by atoms with van der Waals surface area (Å²) in [5, 5.41) is 0. The van der Waals surface area contributed by atoms with Gasteiger partial charge in [-0.25, -0.2) is 0 Å². The van der Waals surface area contributed by atoms with Gasteiger partial charge >= 0.3 is 0 Å². The molecule has 2 rings (SSSR count). The van der Waals surface area contributed by atoms with E-state index in [-0.39, 0.29) is 5.41 Å². The van der Waals surface area contributed by atoms with E-state index in [9.17, 15) is 0 Å². The van der Waals surface area contributed by atoms with Crippen molar-refractivity contribution in [3.8, 4) is 0 Å². The summed E-state index contributed by atoms with van der Waals surface area (Å²) < 4.78 is 0. The third-order valence-electron chi connectivity index (χ3n) is 3.88. The van der Waals surface area contributed by atoms with E-state index in [4.69, 9.17) is 5.73 Å². The van der Waals surface area contributed by atoms with Crippen LogP contribution in [0.3, 0.4) is 0 Å². The molecule has 0 bridgehead atoms. The molecule has 1 aliphatic heterocycles. The maximum atomic E-state index is 6.16. The van der Waals surface area contributed by atoms with E-state index in [1.807, 2.05) is 11.3 Å². The number of hydrogen-bond acceptors (Lipinski definition) is 3. The largest absolute Gasteiger partial charge is 0.326 e. The number of nitrogens with zero attached hydrogens (tertiary/aromatic N) is 1. The SMILES string of the molecule is CC1CCN(Cc2ccc(C(C)(C)C)s2)CC1N. The lowest BCUT2D eigenvalue weighted by molar-refractivity contribution is 0.163. The maximum Gasteiger partial charge on any atom is 0.0328 e. The van der Waals surface area contributed by atoms with E-state index in [0.29, 0.717) is 12.0 Å². The summed E-state index contributed by atoms with van der Waals surface area (Å²) in [4.78, 5) is 5.46. The van der Waals surface area contributed by atoms with Crippen molar-refractivity contribution in [2.75, 3.05) is 13.1 Å². The highest BCUT2D eigenvalue weighted by Crippen LogP contribution is 2.30. The second-order valence-corrected chi connectivity index (χ2v) is 7.85. The fourth-order valence-electron chi connectivity index (χ4n) is 2.40. The van der Waals surface area contributed by atoms with E-state index >= 15 is 0 Å². The normalized spacial score (nSPS) is 26.5. The molecule has 2 heterocycles. The minimum atomic E-state index is 0.274. The average Bonchev–Trinajstić information content (AvgIpc) is 2.72. The minimum absolute atomic E-state index is 0.274. The van der Waals surface area contributed by atoms with Gasteiger partial charge in [-0.2, -0.15) is 0 Å². The van der Waals surface area contributed by atoms with Crippen LogP contribution in [0.2, 0.25) is 0 Å². The highest BCUT2D eigenvalue weighted by atomic mass is 32.1. The highest BCUT2D eigenvalue weighted by Gasteiger charge is 2.24. The van der Waals surface area contributed by atoms with Crippen LogP contribution in [0.1, 0.15) is 43.9 Å². The van der Waals surface area contributed by atoms with Gasteiger partial charge in [0.25, 0.3) is 0 Å². The third-order valence-corrected chi connectivity index (χ3v) is 5.38. The van der Waals surface area contributed by atoms with Gasteiger partial charge < -0.3 is 5.73 Å². The van der Waals surface area contributed by atoms with Gasteiger partial charge in [-0.05, 0) is 36.4 Å². The second kappa shape index (κ2) is 5.32. The van der Waals surface area contributed by atoms with Gasteiger partial charge in [0.15, 0.2) is 0 Å². The minimum Gasteiger partial charge on any atom is -0.326 e. The summed E-state index contributed by atoms with van der Waals surface area (Å²) in [6.07, 6.45) is 1.23. The molecule has 2 N–H and O–H groups in total. The molecule has 1 aliphatic rings. The maximum absolute atomic E-state index is 6.16. The molecule has 3 heteroatoms. The number of hydrogen-bond donors (Lipinski definition) is 1. The van der Waals surface area contributed by atoms with Crippen LogP contribution in [0, 0.1) is 5.92 Å². The van der Waals surface area contributed by atoms with Crippen LogP contribution in [0.5, 0.6) is 0 Å². The van der Waals surface area contributed by atoms with Crippen LogP contribution in [0.15, 0.2) is 12.1 Å². The molecular weight excluding hydrogens is 240 g/mol. The number of thiophene rings is 1. The summed E-state index contributed by atoms with van der Waals surface area (Å²) in [5.74, 6) is 0.676. The zero-order chi connectivity index (χ0) is 13.3. The standard InChI is InChI=1S/C15H26N2S/c1-11-7-8-17(10-13(11)16)9-12-5-6-14(18-12)15(2,3)4/h5-6,11,13H,7-10,16H2,1-4H3. The second-order valence-electron chi connectivity index (χ2n) is 6.68. The zero-order valence-electron chi connectivity index (χ0n) is 12.1. The van der Waals surface area contributed by atoms with Gasteiger partial charge in [-0.1, -0.05) is 27.7 Å². The molecule has 2 nitrogen and oxygen atoms in total. The van der Waals surface area contributed by atoms with E-state index in [2.05, 4.69) is 44.7 Å². The topological polar surface area (TPSA) is 29.3 Å². The molecule has 102 valence electrons. The molecular formula is C15H26N2S. The van der Waals surface area contributed by atoms with Gasteiger partial charge in [0.05, 0.1) is 0 Å². The van der Waals surface area contributed by atoms with Crippen molar-refractivity contribution in [3.05, 3.63) is 21.9 Å². The molecule has 0 aliphatic carbocycles. The van der Waals surface area contributed by atoms with Crippen LogP contribution in [0.25, 0.3) is 0 Å². The molecule has 1 fully saturated rings. The molecule has 1 saturated heterocycles. The van der Waals surface area contributed by atoms with Crippen LogP contribution in [-0.2, 0) is 12.0 Å². The van der Waals surface area contributed by atoms with Gasteiger partial charge in [0.1, 0.15) is 0 Å². The number of rotatable bonds is 2. The Hall–Kier alpha value is -0.380. The van der Waals surface area contributed by atoms with Gasteiger partial charge in [-0.3, -0.25) is 4.90 Å². The number of nitrogens with two attached hydrogens (primary N) is 1. The molecule has 0 amide bonds. The van der Waals surface area contributed by atoms with E-state index in [0.717, 1.165) is 13.1 Å². The predicted molar refractivity (Wildman–Crippen MR) is 80.1 cm³/mol. The van der Waals surface area contributed by atoms with Crippen LogP contribution >= 0.6 is 11.3 Å². The summed E-state index contributed by atoms with van der Waals surface area (Å²) >= 11 is 1.95. The molecule has 0 saturated carbocycles. The molecule has 0 spiro atoms. The lowest BCUT2D eigenvalue weighted by atomic mass is 9.94. The predicted octanol–water partition coefficient (Wildman–Crippen LogP) is 3.21. The van der Waals surface area contributed by atoms with Crippen LogP contribution in [0.4, 0.5) is 0 Å². The molecule has 1 aromatic heterocycles. The first-order valence-electron chi connectivity index (χ1n) is 6.93. The van der Waals surface area contributed by atoms with Gasteiger partial charge in [0.2, 0.25) is 0 Å². The van der Waals surface area contributed by atoms with Gasteiger partial charge in [-0.15, -0.1) is 11.3 Å². The Morgan fingerprint density at radius 1 is 1.39 bits per heavy atom. The quantitative estimate of drug-likeness (QED) is 0.890. The summed E-state index contributed by atoms with van der Waals surface area (Å²) in [6.45, 7) is 12.4. The Bertz CT molecular complexity index is 391. The molecule has 0 radical (unpaired) electrons. The smallest absolute Gasteiger partial charge is 0.0328 e. The summed E-state index contributed by atoms with van der Waals surface area (Å²) in [7, 11) is 0. The molecule has 1 aromatic rings. The molecule has 2 atom stereocenters. The van der Waals surface area contributed by atoms with E-state index in [1.54, 1.807) is 0 Å². The first kappa shape index (κ1) is 14.0. The Kier molecular flexibility index (Phi) is 4.15. The first-order valence-corrected chi connectivity index (χ1v) is 7.75. The van der Waals surface area contributed by atoms with Crippen LogP contribution < -0.4 is 5.73 Å². The Morgan fingerprint density at radius 2 is 2.11 bits per heavy atom. The van der Waals surface area contributed by atoms with Crippen molar-refractivity contribution < 1.29 is 0 Å². The number of likely N-dealkylation sites (tertiary alicyclic amines) is 1. The molecule has 18 heavy (non-hydrogen) atoms. The zero-order valence-corrected chi connectivity index (χ0v) is 12.9.